The highest BCUT2D eigenvalue weighted by Gasteiger charge is 2.38. The van der Waals surface area contributed by atoms with E-state index < -0.39 is 5.60 Å². The molecule has 1 atom stereocenters. The number of hydrogen-bond acceptors (Lipinski definition) is 7. The van der Waals surface area contributed by atoms with Gasteiger partial charge in [0.1, 0.15) is 11.5 Å². The van der Waals surface area contributed by atoms with Crippen LogP contribution in [0.25, 0.3) is 10.9 Å². The first kappa shape index (κ1) is 27.0. The third kappa shape index (κ3) is 5.45. The molecular weight excluding hydrogens is 494 g/mol. The second-order valence-electron chi connectivity index (χ2n) is 11.6. The predicted octanol–water partition coefficient (Wildman–Crippen LogP) is 3.73. The molecule has 3 N–H and O–H groups in total. The number of aliphatic imine (C=N–C) groups is 1. The van der Waals surface area contributed by atoms with E-state index in [4.69, 9.17) is 10.7 Å². The summed E-state index contributed by atoms with van der Waals surface area (Å²) in [5, 5.41) is 11.8. The van der Waals surface area contributed by atoms with E-state index in [9.17, 15) is 19.5 Å². The van der Waals surface area contributed by atoms with Gasteiger partial charge >= 0.3 is 0 Å². The Morgan fingerprint density at radius 2 is 1.79 bits per heavy atom. The molecule has 1 fully saturated rings. The van der Waals surface area contributed by atoms with E-state index in [1.165, 1.54) is 17.1 Å². The molecule has 1 aromatic heterocycles. The van der Waals surface area contributed by atoms with Crippen LogP contribution in [0, 0.1) is 11.8 Å². The highest BCUT2D eigenvalue weighted by atomic mass is 16.3. The van der Waals surface area contributed by atoms with E-state index in [0.717, 1.165) is 47.9 Å². The fraction of sp³-hybridized carbons (Fsp3) is 0.500. The fourth-order valence-electron chi connectivity index (χ4n) is 6.23. The third-order valence-corrected chi connectivity index (χ3v) is 8.23. The van der Waals surface area contributed by atoms with Gasteiger partial charge in [-0.25, -0.2) is 4.98 Å². The lowest BCUT2D eigenvalue weighted by atomic mass is 9.80. The van der Waals surface area contributed by atoms with E-state index in [2.05, 4.69) is 4.98 Å². The molecule has 206 valence electrons. The van der Waals surface area contributed by atoms with Crippen molar-refractivity contribution in [3.63, 3.8) is 0 Å². The first-order valence-electron chi connectivity index (χ1n) is 13.9. The van der Waals surface area contributed by atoms with Gasteiger partial charge in [0.15, 0.2) is 0 Å². The summed E-state index contributed by atoms with van der Waals surface area (Å²) >= 11 is 0. The monoisotopic (exact) mass is 531 g/mol. The molecule has 2 aromatic rings. The van der Waals surface area contributed by atoms with Crippen LogP contribution in [0.1, 0.15) is 64.4 Å². The quantitative estimate of drug-likeness (QED) is 0.500. The van der Waals surface area contributed by atoms with Crippen LogP contribution in [0.4, 0.5) is 11.5 Å². The summed E-state index contributed by atoms with van der Waals surface area (Å²) in [4.78, 5) is 50.2. The smallest absolute Gasteiger partial charge is 0.253 e. The zero-order chi connectivity index (χ0) is 27.9. The van der Waals surface area contributed by atoms with Crippen LogP contribution in [0.15, 0.2) is 41.4 Å². The number of fused-ring (bicyclic) bond motifs is 3. The third-order valence-electron chi connectivity index (χ3n) is 8.23. The standard InChI is InChI=1S/C30H37N5O4/c1-4-34(29(38)19-11-9-18(10-12-19)16-35-24(36)13-14-25(35)37)17-23-21(15-30(2,3)39)26-20-7-5-6-8-22(20)33-28(31)27(26)32-23/h5-8,13-14,18-19,21,39H,4,9-12,15-17H2,1-3H3,(H2,31,33). The molecule has 3 amide bonds. The lowest BCUT2D eigenvalue weighted by molar-refractivity contribution is -0.139. The van der Waals surface area contributed by atoms with E-state index in [1.54, 1.807) is 13.8 Å². The Morgan fingerprint density at radius 3 is 2.44 bits per heavy atom. The number of benzene rings is 1. The zero-order valence-corrected chi connectivity index (χ0v) is 22.9. The number of anilines is 1. The maximum atomic E-state index is 13.7. The van der Waals surface area contributed by atoms with Gasteiger partial charge in [-0.05, 0) is 70.4 Å². The lowest BCUT2D eigenvalue weighted by Gasteiger charge is -2.33. The molecule has 0 radical (unpaired) electrons. The molecule has 3 aliphatic rings. The Labute approximate surface area is 228 Å². The van der Waals surface area contributed by atoms with E-state index >= 15 is 0 Å². The molecule has 0 saturated heterocycles. The Hall–Kier alpha value is -3.59. The average molecular weight is 532 g/mol. The second kappa shape index (κ2) is 10.5. The lowest BCUT2D eigenvalue weighted by Crippen LogP contribution is -2.43. The molecule has 9 heteroatoms. The number of rotatable bonds is 8. The number of imide groups is 1. The topological polar surface area (TPSA) is 129 Å². The van der Waals surface area contributed by atoms with E-state index in [-0.39, 0.29) is 35.5 Å². The summed E-state index contributed by atoms with van der Waals surface area (Å²) in [7, 11) is 0. The number of aromatic nitrogens is 1. The molecule has 0 bridgehead atoms. The van der Waals surface area contributed by atoms with Gasteiger partial charge in [0.05, 0.1) is 17.7 Å². The van der Waals surface area contributed by atoms with Gasteiger partial charge in [-0.1, -0.05) is 18.2 Å². The minimum absolute atomic E-state index is 0.0996. The summed E-state index contributed by atoms with van der Waals surface area (Å²) in [6.45, 7) is 6.87. The van der Waals surface area contributed by atoms with E-state index in [1.807, 2.05) is 36.1 Å². The number of nitrogens with zero attached hydrogens (tertiary/aromatic N) is 4. The van der Waals surface area contributed by atoms with Crippen molar-refractivity contribution in [3.8, 4) is 0 Å². The number of carbonyl (C=O) groups excluding carboxylic acids is 3. The average Bonchev–Trinajstić information content (AvgIpc) is 3.41. The number of hydrogen-bond donors (Lipinski definition) is 2. The first-order valence-corrected chi connectivity index (χ1v) is 13.9. The number of nitrogens with two attached hydrogens (primary N) is 1. The van der Waals surface area contributed by atoms with Gasteiger partial charge in [-0.3, -0.25) is 24.3 Å². The molecule has 1 unspecified atom stereocenters. The minimum Gasteiger partial charge on any atom is -0.390 e. The number of pyridine rings is 1. The highest BCUT2D eigenvalue weighted by molar-refractivity contribution is 6.13. The van der Waals surface area contributed by atoms with Crippen molar-refractivity contribution < 1.29 is 19.5 Å². The maximum Gasteiger partial charge on any atom is 0.253 e. The van der Waals surface area contributed by atoms with Gasteiger partial charge in [0.25, 0.3) is 11.8 Å². The fourth-order valence-corrected chi connectivity index (χ4v) is 6.23. The zero-order valence-electron chi connectivity index (χ0n) is 22.9. The maximum absolute atomic E-state index is 13.7. The van der Waals surface area contributed by atoms with Crippen LogP contribution in [-0.4, -0.2) is 68.6 Å². The molecule has 2 aliphatic heterocycles. The minimum atomic E-state index is -0.945. The number of carbonyl (C=O) groups is 3. The summed E-state index contributed by atoms with van der Waals surface area (Å²) in [5.41, 5.74) is 8.62. The van der Waals surface area contributed by atoms with Crippen molar-refractivity contribution in [2.75, 3.05) is 25.4 Å². The van der Waals surface area contributed by atoms with Crippen LogP contribution >= 0.6 is 0 Å². The molecular formula is C30H37N5O4. The molecule has 9 nitrogen and oxygen atoms in total. The van der Waals surface area contributed by atoms with Crippen LogP contribution in [0.3, 0.4) is 0 Å². The number of amides is 3. The van der Waals surface area contributed by atoms with Crippen molar-refractivity contribution in [1.82, 2.24) is 14.8 Å². The summed E-state index contributed by atoms with van der Waals surface area (Å²) in [6.07, 6.45) is 6.14. The van der Waals surface area contributed by atoms with Crippen molar-refractivity contribution in [3.05, 3.63) is 42.0 Å². The SMILES string of the molecule is CCN(CC1=Nc2c(N)nc3ccccc3c2C1CC(C)(C)O)C(=O)C1CCC(CN2C(=O)C=CC2=O)CC1. The van der Waals surface area contributed by atoms with Gasteiger partial charge in [-0.2, -0.15) is 0 Å². The molecule has 3 heterocycles. The van der Waals surface area contributed by atoms with Crippen LogP contribution in [-0.2, 0) is 14.4 Å². The number of aliphatic hydroxyl groups is 1. The molecule has 5 rings (SSSR count). The van der Waals surface area contributed by atoms with Crippen molar-refractivity contribution >= 4 is 45.8 Å². The molecule has 1 aliphatic carbocycles. The highest BCUT2D eigenvalue weighted by Crippen LogP contribution is 2.46. The van der Waals surface area contributed by atoms with Gasteiger partial charge in [0, 0.05) is 48.2 Å². The number of nitrogen functional groups attached to an aromatic ring is 1. The predicted molar refractivity (Wildman–Crippen MR) is 150 cm³/mol. The van der Waals surface area contributed by atoms with Crippen LogP contribution < -0.4 is 5.73 Å². The molecule has 0 spiro atoms. The van der Waals surface area contributed by atoms with Crippen LogP contribution in [0.5, 0.6) is 0 Å². The second-order valence-corrected chi connectivity index (χ2v) is 11.6. The molecule has 1 aromatic carbocycles. The Morgan fingerprint density at radius 1 is 1.13 bits per heavy atom. The van der Waals surface area contributed by atoms with E-state index in [0.29, 0.717) is 37.6 Å². The summed E-state index contributed by atoms with van der Waals surface area (Å²) in [6, 6.07) is 7.82. The normalized spacial score (nSPS) is 22.9. The molecule has 1 saturated carbocycles. The first-order chi connectivity index (χ1) is 18.6. The number of para-hydroxylation sites is 1. The summed E-state index contributed by atoms with van der Waals surface area (Å²) < 4.78 is 0. The van der Waals surface area contributed by atoms with Gasteiger partial charge in [0.2, 0.25) is 5.91 Å². The van der Waals surface area contributed by atoms with Crippen molar-refractivity contribution in [1.29, 1.82) is 0 Å². The van der Waals surface area contributed by atoms with Crippen molar-refractivity contribution in [2.45, 2.75) is 64.4 Å². The Balaban J connectivity index is 1.31. The summed E-state index contributed by atoms with van der Waals surface area (Å²) in [5.74, 6) is -0.118. The van der Waals surface area contributed by atoms with Gasteiger partial charge < -0.3 is 15.7 Å². The Kier molecular flexibility index (Phi) is 7.29. The largest absolute Gasteiger partial charge is 0.390 e. The van der Waals surface area contributed by atoms with Gasteiger partial charge in [-0.15, -0.1) is 0 Å². The van der Waals surface area contributed by atoms with Crippen LogP contribution in [0.2, 0.25) is 0 Å². The van der Waals surface area contributed by atoms with Crippen molar-refractivity contribution in [2.24, 2.45) is 16.8 Å². The Bertz CT molecular complexity index is 1350. The molecule has 39 heavy (non-hydrogen) atoms.